The summed E-state index contributed by atoms with van der Waals surface area (Å²) in [5.41, 5.74) is 0.628. The Morgan fingerprint density at radius 3 is 1.74 bits per heavy atom. The number of nitrogens with one attached hydrogen (secondary N) is 1. The predicted octanol–water partition coefficient (Wildman–Crippen LogP) is 7.61. The molecule has 0 aromatic heterocycles. The summed E-state index contributed by atoms with van der Waals surface area (Å²) in [6.07, 6.45) is -0.989. The van der Waals surface area contributed by atoms with Gasteiger partial charge in [0.05, 0.1) is 12.8 Å². The topological polar surface area (TPSA) is 50.7 Å². The molecule has 0 fully saturated rings. The van der Waals surface area contributed by atoms with E-state index in [0.29, 0.717) is 24.0 Å². The van der Waals surface area contributed by atoms with Crippen LogP contribution in [0.4, 0.5) is 57.1 Å². The van der Waals surface area contributed by atoms with Gasteiger partial charge in [-0.3, -0.25) is 4.79 Å². The van der Waals surface area contributed by atoms with E-state index in [9.17, 15) is 61.9 Å². The van der Waals surface area contributed by atoms with Crippen LogP contribution in [0, 0.1) is 0 Å². The van der Waals surface area contributed by atoms with Crippen molar-refractivity contribution in [1.82, 2.24) is 5.43 Å². The molecule has 0 bridgehead atoms. The van der Waals surface area contributed by atoms with E-state index in [4.69, 9.17) is 4.74 Å². The summed E-state index contributed by atoms with van der Waals surface area (Å²) in [5, 5.41) is 2.75. The molecule has 1 amide bonds. The molecule has 0 radical (unpaired) electrons. The summed E-state index contributed by atoms with van der Waals surface area (Å²) in [6.45, 7) is 2.44. The minimum atomic E-state index is -8.09. The fourth-order valence-electron chi connectivity index (χ4n) is 2.87. The van der Waals surface area contributed by atoms with Gasteiger partial charge in [0.25, 0.3) is 0 Å². The van der Waals surface area contributed by atoms with Gasteiger partial charge >= 0.3 is 41.7 Å². The molecule has 1 aromatic rings. The molecule has 0 aliphatic carbocycles. The Balaban J connectivity index is 2.86. The number of ether oxygens (including phenoxy) is 1. The monoisotopic (exact) mass is 594 g/mol. The van der Waals surface area contributed by atoms with E-state index in [0.717, 1.165) is 38.5 Å². The first-order valence-electron chi connectivity index (χ1n) is 11.2. The first-order valence-corrected chi connectivity index (χ1v) is 11.2. The standard InChI is InChI=1S/C22H23F13N2O2/c1-2-3-4-5-6-7-12-39-15-10-8-14(9-11-15)13-36-37-16(38)17(23,24)18(25,26)19(27,28)20(29,30)21(31,32)22(33,34)35/h8-11,13H,2-7,12H2,1H3,(H,37,38)/b36-13+. The molecule has 0 aliphatic rings. The fraction of sp³-hybridized carbons (Fsp3) is 0.636. The Labute approximate surface area is 213 Å². The summed E-state index contributed by atoms with van der Waals surface area (Å²) in [5.74, 6) is -41.8. The zero-order valence-corrected chi connectivity index (χ0v) is 20.0. The highest BCUT2D eigenvalue weighted by molar-refractivity contribution is 5.87. The van der Waals surface area contributed by atoms with Crippen LogP contribution in [0.25, 0.3) is 0 Å². The Kier molecular flexibility index (Phi) is 11.1. The SMILES string of the molecule is CCCCCCCCOc1ccc(/C=N/NC(=O)C(F)(F)C(F)(F)C(F)(F)C(F)(F)C(F)(F)C(F)(F)F)cc1. The van der Waals surface area contributed by atoms with Crippen LogP contribution in [0.5, 0.6) is 5.75 Å². The van der Waals surface area contributed by atoms with E-state index < -0.39 is 41.7 Å². The molecule has 17 heteroatoms. The van der Waals surface area contributed by atoms with Crippen molar-refractivity contribution in [2.45, 2.75) is 81.2 Å². The molecule has 39 heavy (non-hydrogen) atoms. The van der Waals surface area contributed by atoms with Crippen LogP contribution in [-0.4, -0.2) is 54.5 Å². The molecule has 4 nitrogen and oxygen atoms in total. The highest BCUT2D eigenvalue weighted by atomic mass is 19.4. The van der Waals surface area contributed by atoms with Crippen molar-refractivity contribution in [2.24, 2.45) is 5.10 Å². The number of alkyl halides is 13. The number of rotatable bonds is 15. The van der Waals surface area contributed by atoms with E-state index in [2.05, 4.69) is 12.0 Å². The van der Waals surface area contributed by atoms with Crippen LogP contribution in [0.1, 0.15) is 51.0 Å². The number of hydrogen-bond donors (Lipinski definition) is 1. The first kappa shape index (κ1) is 34.3. The Hall–Kier alpha value is -2.75. The van der Waals surface area contributed by atoms with E-state index in [1.165, 1.54) is 24.3 Å². The third-order valence-electron chi connectivity index (χ3n) is 5.24. The average Bonchev–Trinajstić information content (AvgIpc) is 2.83. The van der Waals surface area contributed by atoms with E-state index >= 15 is 0 Å². The van der Waals surface area contributed by atoms with Crippen molar-refractivity contribution < 1.29 is 66.6 Å². The number of carbonyl (C=O) groups is 1. The number of unbranched alkanes of at least 4 members (excludes halogenated alkanes) is 5. The number of nitrogens with zero attached hydrogens (tertiary/aromatic N) is 1. The van der Waals surface area contributed by atoms with Crippen molar-refractivity contribution in [3.8, 4) is 5.75 Å². The summed E-state index contributed by atoms with van der Waals surface area (Å²) in [6, 6.07) is 5.17. The Bertz CT molecular complexity index is 962. The summed E-state index contributed by atoms with van der Waals surface area (Å²) in [7, 11) is 0. The fourth-order valence-corrected chi connectivity index (χ4v) is 2.87. The van der Waals surface area contributed by atoms with Gasteiger partial charge in [-0.1, -0.05) is 39.0 Å². The van der Waals surface area contributed by atoms with E-state index in [1.54, 1.807) is 0 Å². The van der Waals surface area contributed by atoms with Crippen molar-refractivity contribution in [3.63, 3.8) is 0 Å². The van der Waals surface area contributed by atoms with Crippen molar-refractivity contribution in [1.29, 1.82) is 0 Å². The maximum Gasteiger partial charge on any atom is 0.460 e. The molecular weight excluding hydrogens is 571 g/mol. The van der Waals surface area contributed by atoms with Crippen LogP contribution in [-0.2, 0) is 4.79 Å². The highest BCUT2D eigenvalue weighted by Crippen LogP contribution is 2.60. The zero-order chi connectivity index (χ0) is 30.3. The van der Waals surface area contributed by atoms with Gasteiger partial charge in [0.15, 0.2) is 0 Å². The minimum Gasteiger partial charge on any atom is -0.494 e. The number of hydrogen-bond acceptors (Lipinski definition) is 3. The lowest BCUT2D eigenvalue weighted by Gasteiger charge is -2.38. The minimum absolute atomic E-state index is 0.000949. The second-order valence-corrected chi connectivity index (χ2v) is 8.25. The quantitative estimate of drug-likeness (QED) is 0.0984. The predicted molar refractivity (Wildman–Crippen MR) is 112 cm³/mol. The maximum absolute atomic E-state index is 13.7. The number of amides is 1. The first-order chi connectivity index (χ1) is 17.7. The van der Waals surface area contributed by atoms with E-state index in [1.807, 2.05) is 0 Å². The van der Waals surface area contributed by atoms with Crippen LogP contribution >= 0.6 is 0 Å². The van der Waals surface area contributed by atoms with Gasteiger partial charge in [0.1, 0.15) is 5.75 Å². The van der Waals surface area contributed by atoms with Crippen molar-refractivity contribution in [3.05, 3.63) is 29.8 Å². The van der Waals surface area contributed by atoms with Crippen LogP contribution in [0.3, 0.4) is 0 Å². The number of hydrazone groups is 1. The smallest absolute Gasteiger partial charge is 0.460 e. The molecule has 224 valence electrons. The van der Waals surface area contributed by atoms with Crippen molar-refractivity contribution >= 4 is 12.1 Å². The largest absolute Gasteiger partial charge is 0.494 e. The molecule has 0 aliphatic heterocycles. The number of halogens is 13. The van der Waals surface area contributed by atoms with Gasteiger partial charge in [-0.15, -0.1) is 0 Å². The molecule has 0 atom stereocenters. The second kappa shape index (κ2) is 12.6. The molecule has 1 rings (SSSR count). The maximum atomic E-state index is 13.7. The lowest BCUT2D eigenvalue weighted by Crippen LogP contribution is -2.71. The zero-order valence-electron chi connectivity index (χ0n) is 20.0. The molecule has 0 saturated heterocycles. The third-order valence-corrected chi connectivity index (χ3v) is 5.24. The number of carbonyl (C=O) groups excluding carboxylic acids is 1. The van der Waals surface area contributed by atoms with Gasteiger partial charge in [0.2, 0.25) is 0 Å². The lowest BCUT2D eigenvalue weighted by molar-refractivity contribution is -0.436. The average molecular weight is 594 g/mol. The highest BCUT2D eigenvalue weighted by Gasteiger charge is 2.91. The van der Waals surface area contributed by atoms with Gasteiger partial charge in [-0.25, -0.2) is 5.43 Å². The van der Waals surface area contributed by atoms with E-state index in [-0.39, 0.29) is 5.56 Å². The normalized spacial score (nSPS) is 14.1. The van der Waals surface area contributed by atoms with Gasteiger partial charge in [-0.05, 0) is 36.2 Å². The molecule has 1 N–H and O–H groups in total. The van der Waals surface area contributed by atoms with Gasteiger partial charge in [-0.2, -0.15) is 62.2 Å². The molecule has 0 heterocycles. The molecular formula is C22H23F13N2O2. The third kappa shape index (κ3) is 7.26. The summed E-state index contributed by atoms with van der Waals surface area (Å²) in [4.78, 5) is 11.3. The van der Waals surface area contributed by atoms with Crippen LogP contribution < -0.4 is 10.2 Å². The molecule has 0 unspecified atom stereocenters. The molecule has 1 aromatic carbocycles. The van der Waals surface area contributed by atoms with Gasteiger partial charge in [0, 0.05) is 0 Å². The molecule has 0 spiro atoms. The Morgan fingerprint density at radius 1 is 0.744 bits per heavy atom. The Morgan fingerprint density at radius 2 is 1.23 bits per heavy atom. The van der Waals surface area contributed by atoms with Gasteiger partial charge < -0.3 is 4.74 Å². The summed E-state index contributed by atoms with van der Waals surface area (Å²) < 4.78 is 175. The summed E-state index contributed by atoms with van der Waals surface area (Å²) >= 11 is 0. The number of benzene rings is 1. The second-order valence-electron chi connectivity index (χ2n) is 8.25. The van der Waals surface area contributed by atoms with Crippen LogP contribution in [0.15, 0.2) is 29.4 Å². The van der Waals surface area contributed by atoms with Crippen LogP contribution in [0.2, 0.25) is 0 Å². The lowest BCUT2D eigenvalue weighted by atomic mass is 9.93. The molecule has 0 saturated carbocycles. The van der Waals surface area contributed by atoms with Crippen molar-refractivity contribution in [2.75, 3.05) is 6.61 Å².